The zero-order chi connectivity index (χ0) is 27.1. The van der Waals surface area contributed by atoms with Gasteiger partial charge in [-0.3, -0.25) is 14.2 Å². The van der Waals surface area contributed by atoms with Gasteiger partial charge >= 0.3 is 0 Å². The number of carboxylic acids is 1. The second-order valence-electron chi connectivity index (χ2n) is 8.41. The molecule has 0 aliphatic rings. The van der Waals surface area contributed by atoms with Crippen molar-refractivity contribution in [2.45, 2.75) is 26.5 Å². The maximum Gasteiger partial charge on any atom is 0.300 e. The summed E-state index contributed by atoms with van der Waals surface area (Å²) in [5.74, 6) is -0.947. The molecule has 1 atom stereocenters. The molecule has 37 heavy (non-hydrogen) atoms. The minimum absolute atomic E-state index is 0.351. The Balaban J connectivity index is 0.000000886. The lowest BCUT2D eigenvalue weighted by molar-refractivity contribution is -0.134. The highest BCUT2D eigenvalue weighted by Crippen LogP contribution is 2.37. The molecule has 9 nitrogen and oxygen atoms in total. The fourth-order valence-electron chi connectivity index (χ4n) is 3.74. The first-order valence-corrected chi connectivity index (χ1v) is 12.7. The first-order valence-electron chi connectivity index (χ1n) is 11.5. The van der Waals surface area contributed by atoms with Gasteiger partial charge < -0.3 is 26.2 Å². The minimum Gasteiger partial charge on any atom is -0.484 e. The molecule has 2 aromatic carbocycles. The number of carboxylic acid groups (broad SMARTS) is 1. The Bertz CT molecular complexity index is 1380. The third-order valence-electron chi connectivity index (χ3n) is 5.37. The lowest BCUT2D eigenvalue weighted by Gasteiger charge is -2.16. The van der Waals surface area contributed by atoms with Gasteiger partial charge in [0, 0.05) is 43.2 Å². The lowest BCUT2D eigenvalue weighted by atomic mass is 10.1. The van der Waals surface area contributed by atoms with Crippen molar-refractivity contribution < 1.29 is 19.4 Å². The number of hydrogen-bond acceptors (Lipinski definition) is 7. The molecule has 1 amide bonds. The maximum atomic E-state index is 12.2. The summed E-state index contributed by atoms with van der Waals surface area (Å²) in [6.45, 7) is 5.17. The highest BCUT2D eigenvalue weighted by molar-refractivity contribution is 7.16. The number of nitrogens with two attached hydrogens (primary N) is 2. The number of ether oxygens (including phenoxy) is 1. The number of carbonyl (C=O) groups is 2. The van der Waals surface area contributed by atoms with E-state index in [1.165, 1.54) is 11.3 Å². The van der Waals surface area contributed by atoms with Crippen molar-refractivity contribution in [2.75, 3.05) is 20.1 Å². The summed E-state index contributed by atoms with van der Waals surface area (Å²) in [7, 11) is 2.04. The van der Waals surface area contributed by atoms with Crippen LogP contribution in [0.1, 0.15) is 40.8 Å². The van der Waals surface area contributed by atoms with Crippen LogP contribution < -0.4 is 16.2 Å². The van der Waals surface area contributed by atoms with E-state index < -0.39 is 11.9 Å². The molecule has 5 N–H and O–H groups in total. The average molecular weight is 544 g/mol. The van der Waals surface area contributed by atoms with Crippen LogP contribution >= 0.6 is 22.9 Å². The van der Waals surface area contributed by atoms with E-state index in [1.54, 1.807) is 6.33 Å². The van der Waals surface area contributed by atoms with E-state index in [1.807, 2.05) is 54.9 Å². The van der Waals surface area contributed by atoms with Crippen LogP contribution in [0, 0.1) is 0 Å². The molecule has 0 unspecified atom stereocenters. The number of fused-ring (bicyclic) bond motifs is 1. The molecule has 0 fully saturated rings. The molecular weight excluding hydrogens is 514 g/mol. The number of thiophene rings is 1. The van der Waals surface area contributed by atoms with Crippen LogP contribution in [0.25, 0.3) is 16.0 Å². The number of likely N-dealkylation sites (N-methyl/N-ethyl adjacent to an activating group) is 1. The topological polar surface area (TPSA) is 137 Å². The largest absolute Gasteiger partial charge is 0.484 e. The van der Waals surface area contributed by atoms with Crippen LogP contribution in [0.5, 0.6) is 5.75 Å². The molecule has 11 heteroatoms. The molecular formula is C26H30ClN5O4S. The Hall–Kier alpha value is -3.44. The Morgan fingerprint density at radius 1 is 1.24 bits per heavy atom. The van der Waals surface area contributed by atoms with E-state index in [-0.39, 0.29) is 6.10 Å². The number of primary amides is 1. The number of amides is 1. The first kappa shape index (κ1) is 28.1. The van der Waals surface area contributed by atoms with Crippen molar-refractivity contribution in [1.82, 2.24) is 14.5 Å². The van der Waals surface area contributed by atoms with Gasteiger partial charge in [-0.15, -0.1) is 11.3 Å². The summed E-state index contributed by atoms with van der Waals surface area (Å²) < 4.78 is 8.09. The van der Waals surface area contributed by atoms with Crippen LogP contribution in [0.15, 0.2) is 54.9 Å². The van der Waals surface area contributed by atoms with Gasteiger partial charge in [0.25, 0.3) is 11.9 Å². The van der Waals surface area contributed by atoms with Gasteiger partial charge in [0.15, 0.2) is 0 Å². The van der Waals surface area contributed by atoms with E-state index in [0.717, 1.165) is 47.2 Å². The molecule has 2 heterocycles. The fourth-order valence-corrected chi connectivity index (χ4v) is 4.95. The third-order valence-corrected chi connectivity index (χ3v) is 6.84. The lowest BCUT2D eigenvalue weighted by Crippen LogP contribution is -2.24. The number of carbonyl (C=O) groups excluding carboxylic acids is 1. The molecule has 4 rings (SSSR count). The summed E-state index contributed by atoms with van der Waals surface area (Å²) >= 11 is 7.59. The van der Waals surface area contributed by atoms with Crippen molar-refractivity contribution in [3.63, 3.8) is 0 Å². The number of imidazole rings is 1. The molecule has 0 saturated carbocycles. The monoisotopic (exact) mass is 543 g/mol. The number of hydrogen-bond donors (Lipinski definition) is 3. The van der Waals surface area contributed by atoms with Gasteiger partial charge in [-0.2, -0.15) is 0 Å². The van der Waals surface area contributed by atoms with Crippen molar-refractivity contribution >= 4 is 45.8 Å². The third kappa shape index (κ3) is 7.30. The quantitative estimate of drug-likeness (QED) is 0.283. The number of aromatic nitrogens is 2. The van der Waals surface area contributed by atoms with Gasteiger partial charge in [-0.25, -0.2) is 4.98 Å². The molecule has 0 radical (unpaired) electrons. The van der Waals surface area contributed by atoms with Crippen molar-refractivity contribution in [3.8, 4) is 10.8 Å². The highest BCUT2D eigenvalue weighted by Gasteiger charge is 2.21. The van der Waals surface area contributed by atoms with Crippen molar-refractivity contribution in [2.24, 2.45) is 11.5 Å². The van der Waals surface area contributed by atoms with Crippen LogP contribution in [0.3, 0.4) is 0 Å². The standard InChI is InChI=1S/C24H26ClN5O2S.C2H4O2/c1-15(17-5-3-4-6-18(17)25)32-21-12-22(33-23(21)24(27)31)30-14-28-19-8-7-16(11-20(19)30)13-29(2)10-9-26;1-2(3)4/h3-8,11-12,14-15H,9-10,13,26H2,1-2H3,(H2,27,31);1H3,(H,3,4)/t15-;/m1./s1. The summed E-state index contributed by atoms with van der Waals surface area (Å²) in [5.41, 5.74) is 15.1. The van der Waals surface area contributed by atoms with Crippen molar-refractivity contribution in [3.05, 3.63) is 75.9 Å². The predicted molar refractivity (Wildman–Crippen MR) is 147 cm³/mol. The SMILES string of the molecule is CC(=O)O.C[C@@H](Oc1cc(-n2cnc3ccc(CN(C)CCN)cc32)sc1C(N)=O)c1ccccc1Cl. The minimum atomic E-state index is -0.833. The Morgan fingerprint density at radius 3 is 2.59 bits per heavy atom. The van der Waals surface area contributed by atoms with E-state index in [0.29, 0.717) is 22.2 Å². The zero-order valence-electron chi connectivity index (χ0n) is 20.8. The predicted octanol–water partition coefficient (Wildman–Crippen LogP) is 4.46. The summed E-state index contributed by atoms with van der Waals surface area (Å²) in [5, 5.41) is 8.81. The highest BCUT2D eigenvalue weighted by atomic mass is 35.5. The summed E-state index contributed by atoms with van der Waals surface area (Å²) in [4.78, 5) is 28.2. The molecule has 0 bridgehead atoms. The number of nitrogens with zero attached hydrogens (tertiary/aromatic N) is 3. The Morgan fingerprint density at radius 2 is 1.95 bits per heavy atom. The summed E-state index contributed by atoms with van der Waals surface area (Å²) in [6, 6.07) is 15.5. The molecule has 0 aliphatic carbocycles. The number of benzene rings is 2. The second kappa shape index (κ2) is 12.7. The van der Waals surface area contributed by atoms with E-state index >= 15 is 0 Å². The second-order valence-corrected chi connectivity index (χ2v) is 9.84. The van der Waals surface area contributed by atoms with Gasteiger partial charge in [0.2, 0.25) is 0 Å². The van der Waals surface area contributed by atoms with Crippen LogP contribution in [-0.4, -0.2) is 51.6 Å². The van der Waals surface area contributed by atoms with Crippen LogP contribution in [-0.2, 0) is 11.3 Å². The van der Waals surface area contributed by atoms with E-state index in [4.69, 9.17) is 37.7 Å². The fraction of sp³-hybridized carbons (Fsp3) is 0.269. The van der Waals surface area contributed by atoms with Gasteiger partial charge in [-0.05, 0) is 37.7 Å². The molecule has 196 valence electrons. The molecule has 2 aromatic heterocycles. The first-order chi connectivity index (χ1) is 17.6. The smallest absolute Gasteiger partial charge is 0.300 e. The van der Waals surface area contributed by atoms with Gasteiger partial charge in [0.05, 0.1) is 11.0 Å². The van der Waals surface area contributed by atoms with Crippen LogP contribution in [0.2, 0.25) is 5.02 Å². The molecule has 0 spiro atoms. The van der Waals surface area contributed by atoms with E-state index in [2.05, 4.69) is 22.0 Å². The summed E-state index contributed by atoms with van der Waals surface area (Å²) in [6.07, 6.45) is 1.39. The Labute approximate surface area is 224 Å². The number of aliphatic carboxylic acids is 1. The molecule has 4 aromatic rings. The van der Waals surface area contributed by atoms with Crippen LogP contribution in [0.4, 0.5) is 0 Å². The number of rotatable bonds is 9. The van der Waals surface area contributed by atoms with Crippen molar-refractivity contribution in [1.29, 1.82) is 0 Å². The molecule has 0 aliphatic heterocycles. The number of halogens is 1. The maximum absolute atomic E-state index is 12.2. The average Bonchev–Trinajstić information content (AvgIpc) is 3.43. The Kier molecular flexibility index (Phi) is 9.65. The zero-order valence-corrected chi connectivity index (χ0v) is 22.4. The van der Waals surface area contributed by atoms with Gasteiger partial charge in [-0.1, -0.05) is 35.9 Å². The van der Waals surface area contributed by atoms with Gasteiger partial charge in [0.1, 0.15) is 28.1 Å². The normalized spacial score (nSPS) is 11.7. The molecule has 0 saturated heterocycles. The van der Waals surface area contributed by atoms with E-state index in [9.17, 15) is 4.79 Å².